The van der Waals surface area contributed by atoms with E-state index in [1.165, 1.54) is 30.6 Å². The molecule has 20 heavy (non-hydrogen) atoms. The summed E-state index contributed by atoms with van der Waals surface area (Å²) in [6.45, 7) is 0. The normalized spacial score (nSPS) is 10.1. The van der Waals surface area contributed by atoms with Crippen molar-refractivity contribution in [2.45, 2.75) is 0 Å². The lowest BCUT2D eigenvalue weighted by molar-refractivity contribution is -0.384. The minimum Gasteiger partial charge on any atom is -0.382 e. The quantitative estimate of drug-likeness (QED) is 0.651. The minimum atomic E-state index is -0.550. The van der Waals surface area contributed by atoms with E-state index in [-0.39, 0.29) is 22.9 Å². The molecule has 0 bridgehead atoms. The van der Waals surface area contributed by atoms with E-state index in [1.54, 1.807) is 0 Å². The van der Waals surface area contributed by atoms with Crippen LogP contribution < -0.4 is 11.1 Å². The maximum Gasteiger partial charge on any atom is 0.275 e. The zero-order chi connectivity index (χ0) is 14.7. The third kappa shape index (κ3) is 3.06. The molecule has 0 unspecified atom stereocenters. The fourth-order valence-corrected chi connectivity index (χ4v) is 1.71. The molecule has 1 heterocycles. The highest BCUT2D eigenvalue weighted by atomic mass is 79.9. The summed E-state index contributed by atoms with van der Waals surface area (Å²) in [6.07, 6.45) is 2.47. The Bertz CT molecular complexity index is 674. The number of nitro benzene ring substituents is 1. The summed E-state index contributed by atoms with van der Waals surface area (Å²) in [5, 5.41) is 13.2. The summed E-state index contributed by atoms with van der Waals surface area (Å²) in [6, 6.07) is 4.04. The van der Waals surface area contributed by atoms with Gasteiger partial charge in [0.15, 0.2) is 0 Å². The van der Waals surface area contributed by atoms with Crippen molar-refractivity contribution in [3.8, 4) is 0 Å². The van der Waals surface area contributed by atoms with Crippen LogP contribution in [0.5, 0.6) is 0 Å². The van der Waals surface area contributed by atoms with Crippen LogP contribution in [0.2, 0.25) is 0 Å². The van der Waals surface area contributed by atoms with Crippen molar-refractivity contribution in [1.29, 1.82) is 0 Å². The predicted octanol–water partition coefficient (Wildman–Crippen LogP) is 1.98. The largest absolute Gasteiger partial charge is 0.382 e. The van der Waals surface area contributed by atoms with Gasteiger partial charge in [-0.15, -0.1) is 0 Å². The Balaban J connectivity index is 2.25. The molecule has 1 aromatic carbocycles. The van der Waals surface area contributed by atoms with Gasteiger partial charge in [-0.3, -0.25) is 14.9 Å². The van der Waals surface area contributed by atoms with Crippen molar-refractivity contribution in [2.24, 2.45) is 0 Å². The predicted molar refractivity (Wildman–Crippen MR) is 75.2 cm³/mol. The third-order valence-electron chi connectivity index (χ3n) is 2.31. The van der Waals surface area contributed by atoms with Gasteiger partial charge in [-0.1, -0.05) is 0 Å². The van der Waals surface area contributed by atoms with Crippen molar-refractivity contribution in [3.05, 3.63) is 50.9 Å². The van der Waals surface area contributed by atoms with E-state index in [0.29, 0.717) is 4.47 Å². The molecule has 2 rings (SSSR count). The number of nitrogens with two attached hydrogens (primary N) is 1. The topological polar surface area (TPSA) is 124 Å². The van der Waals surface area contributed by atoms with Crippen molar-refractivity contribution in [1.82, 2.24) is 9.97 Å². The molecule has 0 aliphatic heterocycles. The molecule has 0 aliphatic carbocycles. The number of nitrogen functional groups attached to an aromatic ring is 1. The average Bonchev–Trinajstić information content (AvgIpc) is 2.41. The first-order chi connectivity index (χ1) is 9.47. The summed E-state index contributed by atoms with van der Waals surface area (Å²) in [7, 11) is 0. The second-order valence-corrected chi connectivity index (χ2v) is 4.56. The number of rotatable bonds is 3. The van der Waals surface area contributed by atoms with E-state index in [9.17, 15) is 14.9 Å². The third-order valence-corrected chi connectivity index (χ3v) is 3.00. The summed E-state index contributed by atoms with van der Waals surface area (Å²) >= 11 is 3.20. The zero-order valence-corrected chi connectivity index (χ0v) is 11.5. The van der Waals surface area contributed by atoms with Crippen LogP contribution in [0.3, 0.4) is 0 Å². The number of nitrogens with one attached hydrogen (secondary N) is 1. The minimum absolute atomic E-state index is 0.0533. The SMILES string of the molecule is Nc1cnc(C(=O)Nc2cc([N+](=O)[O-])ccc2Br)cn1. The molecule has 0 radical (unpaired) electrons. The van der Waals surface area contributed by atoms with Crippen LogP contribution in [0.4, 0.5) is 17.2 Å². The van der Waals surface area contributed by atoms with Gasteiger partial charge in [0, 0.05) is 16.6 Å². The fraction of sp³-hybridized carbons (Fsp3) is 0. The van der Waals surface area contributed by atoms with Gasteiger partial charge >= 0.3 is 0 Å². The molecule has 102 valence electrons. The van der Waals surface area contributed by atoms with E-state index in [4.69, 9.17) is 5.73 Å². The number of halogens is 1. The second-order valence-electron chi connectivity index (χ2n) is 3.70. The number of carbonyl (C=O) groups excluding carboxylic acids is 1. The molecule has 1 amide bonds. The van der Waals surface area contributed by atoms with Crippen molar-refractivity contribution < 1.29 is 9.72 Å². The van der Waals surface area contributed by atoms with Crippen molar-refractivity contribution in [2.75, 3.05) is 11.1 Å². The Hall–Kier alpha value is -2.55. The lowest BCUT2D eigenvalue weighted by Gasteiger charge is -2.06. The average molecular weight is 338 g/mol. The van der Waals surface area contributed by atoms with Gasteiger partial charge in [-0.05, 0) is 22.0 Å². The lowest BCUT2D eigenvalue weighted by Crippen LogP contribution is -2.14. The second kappa shape index (κ2) is 5.61. The number of nitro groups is 1. The van der Waals surface area contributed by atoms with Crippen LogP contribution in [0, 0.1) is 10.1 Å². The Labute approximate surface area is 121 Å². The monoisotopic (exact) mass is 337 g/mol. The van der Waals surface area contributed by atoms with E-state index in [0.717, 1.165) is 0 Å². The lowest BCUT2D eigenvalue weighted by atomic mass is 10.2. The number of benzene rings is 1. The Morgan fingerprint density at radius 1 is 1.35 bits per heavy atom. The molecule has 8 nitrogen and oxygen atoms in total. The number of hydrogen-bond acceptors (Lipinski definition) is 6. The first-order valence-corrected chi connectivity index (χ1v) is 6.09. The Morgan fingerprint density at radius 2 is 2.10 bits per heavy atom. The van der Waals surface area contributed by atoms with Crippen molar-refractivity contribution in [3.63, 3.8) is 0 Å². The van der Waals surface area contributed by atoms with Gasteiger partial charge in [0.1, 0.15) is 11.5 Å². The first kappa shape index (κ1) is 13.9. The highest BCUT2D eigenvalue weighted by Gasteiger charge is 2.14. The summed E-state index contributed by atoms with van der Waals surface area (Å²) < 4.78 is 0.514. The van der Waals surface area contributed by atoms with Gasteiger partial charge in [-0.2, -0.15) is 0 Å². The van der Waals surface area contributed by atoms with Gasteiger partial charge < -0.3 is 11.1 Å². The van der Waals surface area contributed by atoms with Crippen LogP contribution in [0.15, 0.2) is 35.1 Å². The smallest absolute Gasteiger partial charge is 0.275 e. The molecular formula is C11H8BrN5O3. The molecule has 0 fully saturated rings. The van der Waals surface area contributed by atoms with Crippen LogP contribution in [0.25, 0.3) is 0 Å². The maximum absolute atomic E-state index is 11.9. The highest BCUT2D eigenvalue weighted by molar-refractivity contribution is 9.10. The van der Waals surface area contributed by atoms with Crippen molar-refractivity contribution >= 4 is 39.0 Å². The fourth-order valence-electron chi connectivity index (χ4n) is 1.36. The Morgan fingerprint density at radius 3 is 2.70 bits per heavy atom. The standard InChI is InChI=1S/C11H8BrN5O3/c12-7-2-1-6(17(19)20)3-8(7)16-11(18)9-4-15-10(13)5-14-9/h1-5H,(H2,13,15)(H,16,18). The molecule has 9 heteroatoms. The number of non-ortho nitro benzene ring substituents is 1. The Kier molecular flexibility index (Phi) is 3.89. The summed E-state index contributed by atoms with van der Waals surface area (Å²) in [5.41, 5.74) is 5.56. The zero-order valence-electron chi connectivity index (χ0n) is 9.91. The molecule has 2 aromatic rings. The molecule has 0 spiro atoms. The number of hydrogen-bond donors (Lipinski definition) is 2. The van der Waals surface area contributed by atoms with Crippen LogP contribution in [0.1, 0.15) is 10.5 Å². The molecule has 0 saturated carbocycles. The van der Waals surface area contributed by atoms with Gasteiger partial charge in [-0.25, -0.2) is 9.97 Å². The molecule has 0 saturated heterocycles. The van der Waals surface area contributed by atoms with Gasteiger partial charge in [0.25, 0.3) is 11.6 Å². The highest BCUT2D eigenvalue weighted by Crippen LogP contribution is 2.27. The van der Waals surface area contributed by atoms with E-state index in [1.807, 2.05) is 0 Å². The number of nitrogens with zero attached hydrogens (tertiary/aromatic N) is 3. The molecular weight excluding hydrogens is 330 g/mol. The van der Waals surface area contributed by atoms with Gasteiger partial charge in [0.05, 0.1) is 23.0 Å². The molecule has 0 aliphatic rings. The molecule has 0 atom stereocenters. The summed E-state index contributed by atoms with van der Waals surface area (Å²) in [5.74, 6) is -0.350. The summed E-state index contributed by atoms with van der Waals surface area (Å²) in [4.78, 5) is 29.6. The van der Waals surface area contributed by atoms with E-state index < -0.39 is 10.8 Å². The van der Waals surface area contributed by atoms with E-state index >= 15 is 0 Å². The van der Waals surface area contributed by atoms with Crippen LogP contribution in [-0.4, -0.2) is 20.8 Å². The van der Waals surface area contributed by atoms with Crippen LogP contribution in [-0.2, 0) is 0 Å². The number of anilines is 2. The first-order valence-electron chi connectivity index (χ1n) is 5.30. The number of carbonyl (C=O) groups is 1. The van der Waals surface area contributed by atoms with Gasteiger partial charge in [0.2, 0.25) is 0 Å². The number of aromatic nitrogens is 2. The molecule has 3 N–H and O–H groups in total. The maximum atomic E-state index is 11.9. The van der Waals surface area contributed by atoms with Crippen LogP contribution >= 0.6 is 15.9 Å². The van der Waals surface area contributed by atoms with E-state index in [2.05, 4.69) is 31.2 Å². The molecule has 1 aromatic heterocycles. The number of amides is 1.